The Hall–Kier alpha value is -2.66. The summed E-state index contributed by atoms with van der Waals surface area (Å²) in [6.07, 6.45) is 0. The third kappa shape index (κ3) is 4.85. The van der Waals surface area contributed by atoms with E-state index in [2.05, 4.69) is 41.3 Å². The van der Waals surface area contributed by atoms with Crippen molar-refractivity contribution in [1.29, 1.82) is 0 Å². The van der Waals surface area contributed by atoms with E-state index in [4.69, 9.17) is 9.36 Å². The molecule has 2 aromatic heterocycles. The summed E-state index contributed by atoms with van der Waals surface area (Å²) < 4.78 is 48.4. The van der Waals surface area contributed by atoms with Gasteiger partial charge in [-0.05, 0) is 44.4 Å². The van der Waals surface area contributed by atoms with Crippen LogP contribution in [-0.2, 0) is 15.0 Å². The van der Waals surface area contributed by atoms with Gasteiger partial charge in [-0.1, -0.05) is 10.0 Å². The van der Waals surface area contributed by atoms with Crippen molar-refractivity contribution in [3.8, 4) is 17.2 Å². The molecule has 0 spiro atoms. The Kier molecular flexibility index (Phi) is 6.38. The van der Waals surface area contributed by atoms with Crippen LogP contribution in [0.4, 0.5) is 10.2 Å². The van der Waals surface area contributed by atoms with E-state index in [1.165, 1.54) is 19.2 Å². The minimum atomic E-state index is -3.73. The molecular formula is C13H13BrFN7O6S. The highest BCUT2D eigenvalue weighted by Gasteiger charge is 2.23. The van der Waals surface area contributed by atoms with Gasteiger partial charge in [-0.15, -0.1) is 0 Å². The number of nitrogens with one attached hydrogen (secondary N) is 3. The van der Waals surface area contributed by atoms with Gasteiger partial charge in [0, 0.05) is 13.6 Å². The van der Waals surface area contributed by atoms with Gasteiger partial charge in [0.05, 0.1) is 16.8 Å². The van der Waals surface area contributed by atoms with E-state index in [1.54, 1.807) is 0 Å². The van der Waals surface area contributed by atoms with Gasteiger partial charge in [0.15, 0.2) is 5.69 Å². The molecule has 0 fully saturated rings. The molecule has 0 radical (unpaired) electrons. The van der Waals surface area contributed by atoms with Gasteiger partial charge in [0.1, 0.15) is 5.82 Å². The molecule has 3 rings (SSSR count). The van der Waals surface area contributed by atoms with E-state index in [1.807, 2.05) is 9.61 Å². The molecule has 29 heavy (non-hydrogen) atoms. The first-order chi connectivity index (χ1) is 13.8. The number of benzene rings is 1. The fourth-order valence-electron chi connectivity index (χ4n) is 2.08. The summed E-state index contributed by atoms with van der Waals surface area (Å²) in [5.74, 6) is -1.31. The molecule has 0 saturated heterocycles. The van der Waals surface area contributed by atoms with Crippen molar-refractivity contribution < 1.29 is 26.8 Å². The molecule has 0 unspecified atom stereocenters. The number of aromatic nitrogens is 4. The first-order valence-electron chi connectivity index (χ1n) is 7.75. The van der Waals surface area contributed by atoms with E-state index in [-0.39, 0.29) is 40.6 Å². The van der Waals surface area contributed by atoms with Gasteiger partial charge >= 0.3 is 5.76 Å². The first kappa shape index (κ1) is 21.1. The van der Waals surface area contributed by atoms with Crippen LogP contribution < -0.4 is 20.7 Å². The summed E-state index contributed by atoms with van der Waals surface area (Å²) >= 11 is 3.04. The van der Waals surface area contributed by atoms with Crippen molar-refractivity contribution in [2.75, 3.05) is 25.5 Å². The molecule has 13 nitrogen and oxygen atoms in total. The van der Waals surface area contributed by atoms with Gasteiger partial charge < -0.3 is 5.32 Å². The zero-order chi connectivity index (χ0) is 21.0. The monoisotopic (exact) mass is 493 g/mol. The average molecular weight is 494 g/mol. The standard InChI is InChI=1S/C13H13BrFN7O6S/c1-16-29(24,25)21-26-5-4-17-11-10(18-28-19-11)12-20-27-13(23)22(12)7-2-3-9(15)8(14)6-7/h2-3,6,16,21H,4-5H2,1H3,(H,17,19). The Morgan fingerprint density at radius 3 is 2.83 bits per heavy atom. The van der Waals surface area contributed by atoms with E-state index >= 15 is 0 Å². The van der Waals surface area contributed by atoms with Gasteiger partial charge in [0.2, 0.25) is 11.6 Å². The van der Waals surface area contributed by atoms with Crippen molar-refractivity contribution in [3.63, 3.8) is 0 Å². The number of nitrogens with zero attached hydrogens (tertiary/aromatic N) is 4. The summed E-state index contributed by atoms with van der Waals surface area (Å²) in [7, 11) is -2.52. The van der Waals surface area contributed by atoms with Crippen molar-refractivity contribution in [2.45, 2.75) is 0 Å². The lowest BCUT2D eigenvalue weighted by molar-refractivity contribution is 0.101. The molecule has 156 valence electrons. The Bertz CT molecular complexity index is 1160. The summed E-state index contributed by atoms with van der Waals surface area (Å²) in [5, 5.41) is 13.8. The highest BCUT2D eigenvalue weighted by Crippen LogP contribution is 2.25. The lowest BCUT2D eigenvalue weighted by atomic mass is 10.3. The maximum atomic E-state index is 13.5. The zero-order valence-electron chi connectivity index (χ0n) is 14.5. The lowest BCUT2D eigenvalue weighted by Gasteiger charge is -2.07. The fourth-order valence-corrected chi connectivity index (χ4v) is 2.77. The number of halogens is 2. The van der Waals surface area contributed by atoms with E-state index in [0.717, 1.165) is 10.6 Å². The number of hydrogen-bond acceptors (Lipinski definition) is 10. The van der Waals surface area contributed by atoms with Crippen LogP contribution in [0.25, 0.3) is 17.2 Å². The molecule has 0 amide bonds. The SMILES string of the molecule is CNS(=O)(=O)NOCCNc1nonc1-c1noc(=O)n1-c1ccc(F)c(Br)c1. The predicted molar refractivity (Wildman–Crippen MR) is 98.6 cm³/mol. The molecule has 1 aromatic carbocycles. The molecule has 3 aromatic rings. The van der Waals surface area contributed by atoms with Gasteiger partial charge in [0.25, 0.3) is 10.2 Å². The van der Waals surface area contributed by atoms with Gasteiger partial charge in [-0.2, -0.15) is 8.42 Å². The lowest BCUT2D eigenvalue weighted by Crippen LogP contribution is -2.35. The molecule has 0 aliphatic rings. The third-order valence-corrected chi connectivity index (χ3v) is 4.88. The van der Waals surface area contributed by atoms with Crippen LogP contribution in [0.1, 0.15) is 0 Å². The average Bonchev–Trinajstić information content (AvgIpc) is 3.30. The van der Waals surface area contributed by atoms with Crippen molar-refractivity contribution in [1.82, 2.24) is 29.6 Å². The molecule has 0 aliphatic heterocycles. The van der Waals surface area contributed by atoms with E-state index < -0.39 is 21.8 Å². The largest absolute Gasteiger partial charge is 0.446 e. The molecule has 0 aliphatic carbocycles. The van der Waals surface area contributed by atoms with Crippen molar-refractivity contribution in [2.24, 2.45) is 0 Å². The summed E-state index contributed by atoms with van der Waals surface area (Å²) in [4.78, 5) is 18.7. The molecule has 0 bridgehead atoms. The zero-order valence-corrected chi connectivity index (χ0v) is 17.0. The fraction of sp³-hybridized carbons (Fsp3) is 0.231. The number of hydrogen-bond donors (Lipinski definition) is 3. The molecule has 3 N–H and O–H groups in total. The number of rotatable bonds is 9. The quantitative estimate of drug-likeness (QED) is 0.276. The normalized spacial score (nSPS) is 11.7. The topological polar surface area (TPSA) is 166 Å². The minimum absolute atomic E-state index is 0.0344. The van der Waals surface area contributed by atoms with Crippen LogP contribution in [-0.4, -0.2) is 48.7 Å². The van der Waals surface area contributed by atoms with E-state index in [9.17, 15) is 17.6 Å². The van der Waals surface area contributed by atoms with Crippen LogP contribution in [0.5, 0.6) is 0 Å². The predicted octanol–water partition coefficient (Wildman–Crippen LogP) is 0.174. The van der Waals surface area contributed by atoms with Crippen LogP contribution in [0, 0.1) is 5.82 Å². The first-order valence-corrected chi connectivity index (χ1v) is 10.0. The van der Waals surface area contributed by atoms with E-state index in [0.29, 0.717) is 0 Å². The highest BCUT2D eigenvalue weighted by atomic mass is 79.9. The summed E-state index contributed by atoms with van der Waals surface area (Å²) in [6.45, 7) is 0.0152. The highest BCUT2D eigenvalue weighted by molar-refractivity contribution is 9.10. The molecule has 2 heterocycles. The molecule has 16 heteroatoms. The van der Waals surface area contributed by atoms with Gasteiger partial charge in [-0.25, -0.2) is 23.1 Å². The second kappa shape index (κ2) is 8.78. The van der Waals surface area contributed by atoms with Crippen molar-refractivity contribution >= 4 is 32.0 Å². The second-order valence-corrected chi connectivity index (χ2v) is 7.67. The summed E-state index contributed by atoms with van der Waals surface area (Å²) in [6, 6.07) is 3.87. The van der Waals surface area contributed by atoms with Crippen LogP contribution >= 0.6 is 15.9 Å². The summed E-state index contributed by atoms with van der Waals surface area (Å²) in [5.41, 5.74) is 0.297. The molecule has 0 atom stereocenters. The third-order valence-electron chi connectivity index (χ3n) is 3.40. The maximum Gasteiger partial charge on any atom is 0.446 e. The maximum absolute atomic E-state index is 13.5. The van der Waals surface area contributed by atoms with Crippen LogP contribution in [0.15, 0.2) is 36.6 Å². The Morgan fingerprint density at radius 1 is 1.31 bits per heavy atom. The minimum Gasteiger partial charge on any atom is -0.363 e. The van der Waals surface area contributed by atoms with Crippen molar-refractivity contribution in [3.05, 3.63) is 39.0 Å². The molecule has 0 saturated carbocycles. The Labute approximate surface area is 170 Å². The smallest absolute Gasteiger partial charge is 0.363 e. The Morgan fingerprint density at radius 2 is 2.10 bits per heavy atom. The number of anilines is 1. The van der Waals surface area contributed by atoms with Crippen LogP contribution in [0.2, 0.25) is 0 Å². The molecular weight excluding hydrogens is 481 g/mol. The Balaban J connectivity index is 1.77. The second-order valence-electron chi connectivity index (χ2n) is 5.23. The van der Waals surface area contributed by atoms with Gasteiger partial charge in [-0.3, -0.25) is 9.36 Å². The van der Waals surface area contributed by atoms with Crippen LogP contribution in [0.3, 0.4) is 0 Å².